The van der Waals surface area contributed by atoms with Gasteiger partial charge in [-0.3, -0.25) is 0 Å². The Morgan fingerprint density at radius 2 is 1.86 bits per heavy atom. The van der Waals surface area contributed by atoms with Crippen LogP contribution in [0.15, 0.2) is 29.2 Å². The average Bonchev–Trinajstić information content (AvgIpc) is 2.91. The Balaban J connectivity index is 1.86. The molecule has 0 radical (unpaired) electrons. The van der Waals surface area contributed by atoms with Gasteiger partial charge in [-0.1, -0.05) is 31.5 Å². The molecule has 122 valence electrons. The Morgan fingerprint density at radius 3 is 2.41 bits per heavy atom. The molecule has 2 fully saturated rings. The van der Waals surface area contributed by atoms with Gasteiger partial charge in [0.15, 0.2) is 0 Å². The van der Waals surface area contributed by atoms with E-state index in [1.54, 1.807) is 12.1 Å². The van der Waals surface area contributed by atoms with E-state index in [1.165, 1.54) is 0 Å². The molecule has 2 aliphatic rings. The van der Waals surface area contributed by atoms with Gasteiger partial charge >= 0.3 is 0 Å². The molecule has 4 atom stereocenters. The van der Waals surface area contributed by atoms with Gasteiger partial charge in [0.05, 0.1) is 4.90 Å². The third-order valence-corrected chi connectivity index (χ3v) is 7.43. The standard InChI is InChI=1S/C17H25NO3S/c1-11-4-6-12(7-5-11)22(20,21)18-16-13-8-9-14(16)17(2,3)15(13)10-19/h4-7,13-16,18-19H,8-10H2,1-3H3. The molecule has 5 heteroatoms. The van der Waals surface area contributed by atoms with E-state index in [-0.39, 0.29) is 29.9 Å². The number of aryl methyl sites for hydroxylation is 1. The van der Waals surface area contributed by atoms with Crippen molar-refractivity contribution in [2.45, 2.75) is 44.6 Å². The van der Waals surface area contributed by atoms with Gasteiger partial charge < -0.3 is 5.11 Å². The first-order chi connectivity index (χ1) is 10.3. The largest absolute Gasteiger partial charge is 0.396 e. The van der Waals surface area contributed by atoms with Gasteiger partial charge in [-0.2, -0.15) is 0 Å². The molecule has 2 aliphatic carbocycles. The number of benzene rings is 1. The predicted octanol–water partition coefficient (Wildman–Crippen LogP) is 2.32. The maximum Gasteiger partial charge on any atom is 0.240 e. The van der Waals surface area contributed by atoms with Crippen LogP contribution in [0.1, 0.15) is 32.3 Å². The summed E-state index contributed by atoms with van der Waals surface area (Å²) in [5.41, 5.74) is 1.03. The Hall–Kier alpha value is -0.910. The number of nitrogens with one attached hydrogen (secondary N) is 1. The lowest BCUT2D eigenvalue weighted by atomic mass is 9.69. The van der Waals surface area contributed by atoms with Crippen LogP contribution < -0.4 is 4.72 Å². The van der Waals surface area contributed by atoms with Crippen LogP contribution in [0.2, 0.25) is 0 Å². The second-order valence-electron chi connectivity index (χ2n) is 7.42. The third-order valence-electron chi connectivity index (χ3n) is 5.95. The molecule has 2 saturated carbocycles. The summed E-state index contributed by atoms with van der Waals surface area (Å²) in [4.78, 5) is 0.322. The predicted molar refractivity (Wildman–Crippen MR) is 85.9 cm³/mol. The van der Waals surface area contributed by atoms with Gasteiger partial charge in [0.1, 0.15) is 0 Å². The topological polar surface area (TPSA) is 66.4 Å². The van der Waals surface area contributed by atoms with E-state index in [2.05, 4.69) is 18.6 Å². The van der Waals surface area contributed by atoms with Crippen molar-refractivity contribution in [3.05, 3.63) is 29.8 Å². The molecule has 2 bridgehead atoms. The fourth-order valence-electron chi connectivity index (χ4n) is 4.65. The monoisotopic (exact) mass is 323 g/mol. The van der Waals surface area contributed by atoms with Crippen LogP contribution in [0.3, 0.4) is 0 Å². The van der Waals surface area contributed by atoms with Crippen molar-refractivity contribution >= 4 is 10.0 Å². The molecular formula is C17H25NO3S. The number of aliphatic hydroxyl groups excluding tert-OH is 1. The first kappa shape index (κ1) is 16.0. The third kappa shape index (κ3) is 2.39. The molecule has 4 nitrogen and oxygen atoms in total. The van der Waals surface area contributed by atoms with Crippen LogP contribution in [-0.4, -0.2) is 26.2 Å². The van der Waals surface area contributed by atoms with E-state index in [4.69, 9.17) is 0 Å². The first-order valence-electron chi connectivity index (χ1n) is 7.97. The van der Waals surface area contributed by atoms with E-state index in [9.17, 15) is 13.5 Å². The van der Waals surface area contributed by atoms with E-state index in [0.29, 0.717) is 10.8 Å². The van der Waals surface area contributed by atoms with Crippen molar-refractivity contribution in [3.63, 3.8) is 0 Å². The molecule has 0 spiro atoms. The average molecular weight is 323 g/mol. The van der Waals surface area contributed by atoms with Crippen LogP contribution in [0.25, 0.3) is 0 Å². The summed E-state index contributed by atoms with van der Waals surface area (Å²) in [7, 11) is -3.50. The van der Waals surface area contributed by atoms with E-state index < -0.39 is 10.0 Å². The molecule has 1 aromatic carbocycles. The summed E-state index contributed by atoms with van der Waals surface area (Å²) in [5.74, 6) is 0.720. The molecule has 0 aromatic heterocycles. The lowest BCUT2D eigenvalue weighted by molar-refractivity contribution is 0.0638. The second-order valence-corrected chi connectivity index (χ2v) is 9.13. The Labute approximate surface area is 133 Å². The molecule has 3 rings (SSSR count). The molecule has 1 aromatic rings. The van der Waals surface area contributed by atoms with Crippen molar-refractivity contribution in [1.82, 2.24) is 4.72 Å². The summed E-state index contributed by atoms with van der Waals surface area (Å²) < 4.78 is 28.2. The summed E-state index contributed by atoms with van der Waals surface area (Å²) in [6.45, 7) is 6.39. The summed E-state index contributed by atoms with van der Waals surface area (Å²) >= 11 is 0. The number of rotatable bonds is 4. The van der Waals surface area contributed by atoms with Crippen LogP contribution in [-0.2, 0) is 10.0 Å². The Kier molecular flexibility index (Phi) is 3.86. The lowest BCUT2D eigenvalue weighted by Gasteiger charge is -2.36. The Morgan fingerprint density at radius 1 is 1.23 bits per heavy atom. The molecule has 22 heavy (non-hydrogen) atoms. The minimum absolute atomic E-state index is 0.0157. The van der Waals surface area contributed by atoms with Gasteiger partial charge in [0, 0.05) is 12.6 Å². The zero-order chi connectivity index (χ0) is 16.1. The number of hydrogen-bond acceptors (Lipinski definition) is 3. The highest BCUT2D eigenvalue weighted by molar-refractivity contribution is 7.89. The van der Waals surface area contributed by atoms with Crippen LogP contribution in [0.5, 0.6) is 0 Å². The molecule has 0 aliphatic heterocycles. The van der Waals surface area contributed by atoms with Crippen LogP contribution in [0, 0.1) is 30.1 Å². The minimum Gasteiger partial charge on any atom is -0.396 e. The van der Waals surface area contributed by atoms with E-state index >= 15 is 0 Å². The molecular weight excluding hydrogens is 298 g/mol. The molecule has 4 unspecified atom stereocenters. The fourth-order valence-corrected chi connectivity index (χ4v) is 5.98. The highest BCUT2D eigenvalue weighted by Gasteiger charge is 2.59. The highest BCUT2D eigenvalue weighted by atomic mass is 32.2. The fraction of sp³-hybridized carbons (Fsp3) is 0.647. The van der Waals surface area contributed by atoms with Crippen molar-refractivity contribution in [2.24, 2.45) is 23.2 Å². The molecule has 0 amide bonds. The van der Waals surface area contributed by atoms with Gasteiger partial charge in [-0.15, -0.1) is 0 Å². The maximum atomic E-state index is 12.7. The van der Waals surface area contributed by atoms with Crippen molar-refractivity contribution in [2.75, 3.05) is 6.61 Å². The van der Waals surface area contributed by atoms with Gasteiger partial charge in [-0.05, 0) is 55.1 Å². The number of fused-ring (bicyclic) bond motifs is 2. The summed E-state index contributed by atoms with van der Waals surface area (Å²) in [6.07, 6.45) is 2.04. The van der Waals surface area contributed by atoms with E-state index in [1.807, 2.05) is 19.1 Å². The smallest absolute Gasteiger partial charge is 0.240 e. The second kappa shape index (κ2) is 5.32. The number of aliphatic hydroxyl groups is 1. The van der Waals surface area contributed by atoms with Gasteiger partial charge in [-0.25, -0.2) is 13.1 Å². The Bertz CT molecular complexity index is 651. The molecule has 2 N–H and O–H groups in total. The quantitative estimate of drug-likeness (QED) is 0.893. The lowest BCUT2D eigenvalue weighted by Crippen LogP contribution is -2.39. The minimum atomic E-state index is -3.50. The van der Waals surface area contributed by atoms with Crippen LogP contribution in [0.4, 0.5) is 0 Å². The summed E-state index contributed by atoms with van der Waals surface area (Å²) in [6, 6.07) is 6.89. The zero-order valence-corrected chi connectivity index (χ0v) is 14.2. The summed E-state index contributed by atoms with van der Waals surface area (Å²) in [5, 5.41) is 9.71. The van der Waals surface area contributed by atoms with Gasteiger partial charge in [0.2, 0.25) is 10.0 Å². The number of hydrogen-bond donors (Lipinski definition) is 2. The number of sulfonamides is 1. The first-order valence-corrected chi connectivity index (χ1v) is 9.45. The normalized spacial score (nSPS) is 33.3. The molecule has 0 saturated heterocycles. The maximum absolute atomic E-state index is 12.7. The van der Waals surface area contributed by atoms with Gasteiger partial charge in [0.25, 0.3) is 0 Å². The SMILES string of the molecule is Cc1ccc(S(=O)(=O)NC2C3CCC2C(C)(C)C3CO)cc1. The van der Waals surface area contributed by atoms with Crippen LogP contribution >= 0.6 is 0 Å². The zero-order valence-electron chi connectivity index (χ0n) is 13.4. The van der Waals surface area contributed by atoms with Crippen molar-refractivity contribution in [3.8, 4) is 0 Å². The molecule has 0 heterocycles. The van der Waals surface area contributed by atoms with Crippen molar-refractivity contribution < 1.29 is 13.5 Å². The van der Waals surface area contributed by atoms with Crippen molar-refractivity contribution in [1.29, 1.82) is 0 Å². The highest BCUT2D eigenvalue weighted by Crippen LogP contribution is 2.59. The van der Waals surface area contributed by atoms with E-state index in [0.717, 1.165) is 18.4 Å².